The average Bonchev–Trinajstić information content (AvgIpc) is 2.78. The van der Waals surface area contributed by atoms with Crippen LogP contribution in [0.2, 0.25) is 10.0 Å². The van der Waals surface area contributed by atoms with Crippen LogP contribution in [0.3, 0.4) is 0 Å². The van der Waals surface area contributed by atoms with Crippen molar-refractivity contribution in [2.45, 2.75) is 12.5 Å². The molecule has 0 saturated carbocycles. The second kappa shape index (κ2) is 4.82. The first-order chi connectivity index (χ1) is 7.68. The van der Waals surface area contributed by atoms with Crippen LogP contribution >= 0.6 is 23.2 Å². The third-order valence-electron chi connectivity index (χ3n) is 2.26. The molecule has 84 valence electrons. The van der Waals surface area contributed by atoms with Crippen molar-refractivity contribution in [1.82, 2.24) is 15.2 Å². The summed E-state index contributed by atoms with van der Waals surface area (Å²) in [6.07, 6.45) is 1.99. The van der Waals surface area contributed by atoms with E-state index in [1.54, 1.807) is 6.07 Å². The number of aromatic nitrogens is 3. The van der Waals surface area contributed by atoms with Gasteiger partial charge in [-0.15, -0.1) is 0 Å². The standard InChI is InChI=1S/C10H10Cl2N4/c11-7-3-1-2-6(9(7)12)4-8(13)10-14-5-15-16-10/h1-3,5,8H,4,13H2,(H,14,15,16). The minimum absolute atomic E-state index is 0.265. The smallest absolute Gasteiger partial charge is 0.141 e. The van der Waals surface area contributed by atoms with E-state index in [0.29, 0.717) is 22.3 Å². The van der Waals surface area contributed by atoms with Crippen LogP contribution in [-0.2, 0) is 6.42 Å². The molecule has 1 atom stereocenters. The van der Waals surface area contributed by atoms with Gasteiger partial charge in [0.1, 0.15) is 12.2 Å². The minimum Gasteiger partial charge on any atom is -0.321 e. The molecule has 4 nitrogen and oxygen atoms in total. The topological polar surface area (TPSA) is 67.6 Å². The third kappa shape index (κ3) is 2.35. The molecule has 1 aromatic heterocycles. The van der Waals surface area contributed by atoms with Gasteiger partial charge in [0.2, 0.25) is 0 Å². The van der Waals surface area contributed by atoms with Crippen molar-refractivity contribution in [2.75, 3.05) is 0 Å². The molecular weight excluding hydrogens is 247 g/mol. The van der Waals surface area contributed by atoms with Crippen LogP contribution in [0.5, 0.6) is 0 Å². The van der Waals surface area contributed by atoms with Crippen LogP contribution in [0.4, 0.5) is 0 Å². The molecule has 2 rings (SSSR count). The van der Waals surface area contributed by atoms with Crippen LogP contribution in [0, 0.1) is 0 Å². The minimum atomic E-state index is -0.265. The fourth-order valence-electron chi connectivity index (χ4n) is 1.43. The van der Waals surface area contributed by atoms with Crippen LogP contribution in [-0.4, -0.2) is 15.2 Å². The Labute approximate surface area is 103 Å². The monoisotopic (exact) mass is 256 g/mol. The van der Waals surface area contributed by atoms with Gasteiger partial charge in [0.15, 0.2) is 0 Å². The predicted molar refractivity (Wildman–Crippen MR) is 63.5 cm³/mol. The molecule has 1 unspecified atom stereocenters. The number of aromatic amines is 1. The maximum atomic E-state index is 6.06. The van der Waals surface area contributed by atoms with E-state index in [1.807, 2.05) is 12.1 Å². The zero-order chi connectivity index (χ0) is 11.5. The molecule has 0 aliphatic heterocycles. The number of H-pyrrole nitrogens is 1. The Balaban J connectivity index is 2.18. The second-order valence-corrected chi connectivity index (χ2v) is 4.18. The molecule has 0 aliphatic carbocycles. The Kier molecular flexibility index (Phi) is 3.43. The summed E-state index contributed by atoms with van der Waals surface area (Å²) in [6.45, 7) is 0. The summed E-state index contributed by atoms with van der Waals surface area (Å²) in [5.74, 6) is 0.635. The molecule has 0 aliphatic rings. The second-order valence-electron chi connectivity index (χ2n) is 3.39. The highest BCUT2D eigenvalue weighted by Gasteiger charge is 2.13. The van der Waals surface area contributed by atoms with Gasteiger partial charge in [-0.25, -0.2) is 4.98 Å². The van der Waals surface area contributed by atoms with Gasteiger partial charge in [-0.3, -0.25) is 5.10 Å². The van der Waals surface area contributed by atoms with Crippen molar-refractivity contribution in [3.05, 3.63) is 46.0 Å². The predicted octanol–water partition coefficient (Wildman–Crippen LogP) is 2.35. The molecule has 0 fully saturated rings. The quantitative estimate of drug-likeness (QED) is 0.886. The molecule has 2 aromatic rings. The molecular formula is C10H10Cl2N4. The average molecular weight is 257 g/mol. The van der Waals surface area contributed by atoms with E-state index >= 15 is 0 Å². The van der Waals surface area contributed by atoms with Crippen LogP contribution in [0.1, 0.15) is 17.4 Å². The fourth-order valence-corrected chi connectivity index (χ4v) is 1.83. The number of rotatable bonds is 3. The van der Waals surface area contributed by atoms with Crippen molar-refractivity contribution in [2.24, 2.45) is 5.73 Å². The lowest BCUT2D eigenvalue weighted by Gasteiger charge is -2.10. The normalized spacial score (nSPS) is 12.7. The van der Waals surface area contributed by atoms with Gasteiger partial charge in [-0.1, -0.05) is 35.3 Å². The van der Waals surface area contributed by atoms with E-state index in [0.717, 1.165) is 5.56 Å². The largest absolute Gasteiger partial charge is 0.321 e. The highest BCUT2D eigenvalue weighted by molar-refractivity contribution is 6.42. The maximum absolute atomic E-state index is 6.06. The number of hydrogen-bond donors (Lipinski definition) is 2. The summed E-state index contributed by atoms with van der Waals surface area (Å²) in [5, 5.41) is 7.55. The van der Waals surface area contributed by atoms with Crippen molar-refractivity contribution >= 4 is 23.2 Å². The summed E-state index contributed by atoms with van der Waals surface area (Å²) in [4.78, 5) is 4.00. The molecule has 0 saturated heterocycles. The van der Waals surface area contributed by atoms with Crippen molar-refractivity contribution in [1.29, 1.82) is 0 Å². The summed E-state index contributed by atoms with van der Waals surface area (Å²) in [7, 11) is 0. The lowest BCUT2D eigenvalue weighted by atomic mass is 10.1. The first kappa shape index (κ1) is 11.4. The third-order valence-corrected chi connectivity index (χ3v) is 3.11. The highest BCUT2D eigenvalue weighted by atomic mass is 35.5. The molecule has 6 heteroatoms. The zero-order valence-electron chi connectivity index (χ0n) is 8.32. The Morgan fingerprint density at radius 2 is 2.19 bits per heavy atom. The Hall–Kier alpha value is -1.10. The molecule has 0 radical (unpaired) electrons. The maximum Gasteiger partial charge on any atom is 0.141 e. The molecule has 0 bridgehead atoms. The summed E-state index contributed by atoms with van der Waals surface area (Å²) in [6, 6.07) is 5.22. The number of nitrogens with one attached hydrogen (secondary N) is 1. The van der Waals surface area contributed by atoms with E-state index in [9.17, 15) is 0 Å². The number of benzene rings is 1. The molecule has 1 aromatic carbocycles. The van der Waals surface area contributed by atoms with Crippen molar-refractivity contribution in [3.63, 3.8) is 0 Å². The van der Waals surface area contributed by atoms with Gasteiger partial charge in [0.25, 0.3) is 0 Å². The van der Waals surface area contributed by atoms with Gasteiger partial charge in [-0.05, 0) is 18.1 Å². The van der Waals surface area contributed by atoms with Gasteiger partial charge in [0, 0.05) is 0 Å². The van der Waals surface area contributed by atoms with E-state index in [-0.39, 0.29) is 6.04 Å². The summed E-state index contributed by atoms with van der Waals surface area (Å²) in [5.41, 5.74) is 6.86. The molecule has 0 amide bonds. The fraction of sp³-hybridized carbons (Fsp3) is 0.200. The van der Waals surface area contributed by atoms with E-state index < -0.39 is 0 Å². The van der Waals surface area contributed by atoms with E-state index in [1.165, 1.54) is 6.33 Å². The SMILES string of the molecule is NC(Cc1cccc(Cl)c1Cl)c1ncn[nH]1. The molecule has 3 N–H and O–H groups in total. The number of nitrogens with zero attached hydrogens (tertiary/aromatic N) is 2. The molecule has 16 heavy (non-hydrogen) atoms. The van der Waals surface area contributed by atoms with E-state index in [2.05, 4.69) is 15.2 Å². The highest BCUT2D eigenvalue weighted by Crippen LogP contribution is 2.27. The first-order valence-electron chi connectivity index (χ1n) is 4.72. The Morgan fingerprint density at radius 3 is 2.88 bits per heavy atom. The van der Waals surface area contributed by atoms with Gasteiger partial charge >= 0.3 is 0 Å². The number of hydrogen-bond acceptors (Lipinski definition) is 3. The zero-order valence-corrected chi connectivity index (χ0v) is 9.83. The van der Waals surface area contributed by atoms with E-state index in [4.69, 9.17) is 28.9 Å². The number of halogens is 2. The van der Waals surface area contributed by atoms with Crippen molar-refractivity contribution < 1.29 is 0 Å². The van der Waals surface area contributed by atoms with Gasteiger partial charge in [-0.2, -0.15) is 5.10 Å². The lowest BCUT2D eigenvalue weighted by molar-refractivity contribution is 0.671. The van der Waals surface area contributed by atoms with Gasteiger partial charge in [0.05, 0.1) is 16.1 Å². The Morgan fingerprint density at radius 1 is 1.38 bits per heavy atom. The lowest BCUT2D eigenvalue weighted by Crippen LogP contribution is -2.15. The summed E-state index contributed by atoms with van der Waals surface area (Å²) >= 11 is 12.0. The first-order valence-corrected chi connectivity index (χ1v) is 5.48. The van der Waals surface area contributed by atoms with Crippen LogP contribution in [0.15, 0.2) is 24.5 Å². The Bertz CT molecular complexity index is 470. The van der Waals surface area contributed by atoms with Crippen molar-refractivity contribution in [3.8, 4) is 0 Å². The molecule has 0 spiro atoms. The van der Waals surface area contributed by atoms with Crippen LogP contribution in [0.25, 0.3) is 0 Å². The number of nitrogens with two attached hydrogens (primary N) is 1. The van der Waals surface area contributed by atoms with Gasteiger partial charge < -0.3 is 5.73 Å². The summed E-state index contributed by atoms with van der Waals surface area (Å²) < 4.78 is 0. The van der Waals surface area contributed by atoms with Crippen LogP contribution < -0.4 is 5.73 Å². The molecule has 1 heterocycles.